The second-order valence-corrected chi connectivity index (χ2v) is 2.70. The maximum Gasteiger partial charge on any atom is 0.330 e. The van der Waals surface area contributed by atoms with E-state index in [9.17, 15) is 4.79 Å². The number of aromatic nitrogens is 2. The fourth-order valence-electron chi connectivity index (χ4n) is 1.02. The number of nitrogens with one attached hydrogen (secondary N) is 1. The number of aryl methyl sites for hydroxylation is 2. The minimum absolute atomic E-state index is 0.361. The lowest BCUT2D eigenvalue weighted by Crippen LogP contribution is -1.93. The van der Waals surface area contributed by atoms with Crippen LogP contribution in [-0.2, 0) is 9.53 Å². The number of nitrogens with zero attached hydrogens (tertiary/aromatic N) is 1. The van der Waals surface area contributed by atoms with Crippen LogP contribution in [0.25, 0.3) is 6.08 Å². The Labute approximate surface area is 76.6 Å². The van der Waals surface area contributed by atoms with E-state index in [1.807, 2.05) is 13.8 Å². The predicted octanol–water partition coefficient (Wildman–Crippen LogP) is 1.21. The normalized spacial score (nSPS) is 10.7. The molecule has 4 heteroatoms. The van der Waals surface area contributed by atoms with E-state index in [2.05, 4.69) is 14.9 Å². The summed E-state index contributed by atoms with van der Waals surface area (Å²) in [4.78, 5) is 10.8. The maximum absolute atomic E-state index is 10.8. The van der Waals surface area contributed by atoms with Crippen LogP contribution in [0.15, 0.2) is 6.08 Å². The van der Waals surface area contributed by atoms with Crippen LogP contribution in [0, 0.1) is 13.8 Å². The zero-order valence-electron chi connectivity index (χ0n) is 7.92. The first-order chi connectivity index (χ1) is 6.15. The van der Waals surface area contributed by atoms with Crippen molar-refractivity contribution in [1.82, 2.24) is 10.2 Å². The number of hydrogen-bond donors (Lipinski definition) is 1. The number of carbonyl (C=O) groups excluding carboxylic acids is 1. The van der Waals surface area contributed by atoms with Gasteiger partial charge in [-0.05, 0) is 19.9 Å². The Kier molecular flexibility index (Phi) is 2.84. The number of methoxy groups -OCH3 is 1. The third kappa shape index (κ3) is 2.18. The summed E-state index contributed by atoms with van der Waals surface area (Å²) in [5, 5.41) is 6.82. The molecule has 0 fully saturated rings. The summed E-state index contributed by atoms with van der Waals surface area (Å²) in [5.74, 6) is -0.361. The second kappa shape index (κ2) is 3.89. The zero-order chi connectivity index (χ0) is 9.84. The molecule has 13 heavy (non-hydrogen) atoms. The molecular formula is C9H12N2O2. The summed E-state index contributed by atoms with van der Waals surface area (Å²) >= 11 is 0. The van der Waals surface area contributed by atoms with Crippen molar-refractivity contribution in [3.8, 4) is 0 Å². The van der Waals surface area contributed by atoms with Gasteiger partial charge in [0.1, 0.15) is 0 Å². The van der Waals surface area contributed by atoms with Gasteiger partial charge >= 0.3 is 5.97 Å². The number of aromatic amines is 1. The van der Waals surface area contributed by atoms with Crippen LogP contribution in [0.2, 0.25) is 0 Å². The van der Waals surface area contributed by atoms with Crippen molar-refractivity contribution >= 4 is 12.0 Å². The van der Waals surface area contributed by atoms with Crippen LogP contribution in [-0.4, -0.2) is 23.3 Å². The molecule has 0 aromatic carbocycles. The molecule has 1 aromatic heterocycles. The molecule has 1 aromatic rings. The van der Waals surface area contributed by atoms with E-state index >= 15 is 0 Å². The van der Waals surface area contributed by atoms with Gasteiger partial charge in [0.05, 0.1) is 12.8 Å². The van der Waals surface area contributed by atoms with Crippen LogP contribution in [0.4, 0.5) is 0 Å². The Hall–Kier alpha value is -1.58. The SMILES string of the molecule is COC(=O)C=Cc1c(C)n[nH]c1C. The zero-order valence-corrected chi connectivity index (χ0v) is 7.92. The van der Waals surface area contributed by atoms with Crippen molar-refractivity contribution in [3.05, 3.63) is 23.0 Å². The van der Waals surface area contributed by atoms with E-state index in [0.717, 1.165) is 17.0 Å². The topological polar surface area (TPSA) is 55.0 Å². The molecule has 4 nitrogen and oxygen atoms in total. The molecule has 0 amide bonds. The van der Waals surface area contributed by atoms with E-state index < -0.39 is 0 Å². The lowest BCUT2D eigenvalue weighted by molar-refractivity contribution is -0.134. The highest BCUT2D eigenvalue weighted by Crippen LogP contribution is 2.10. The van der Waals surface area contributed by atoms with Crippen LogP contribution in [0.1, 0.15) is 17.0 Å². The van der Waals surface area contributed by atoms with Crippen molar-refractivity contribution < 1.29 is 9.53 Å². The summed E-state index contributed by atoms with van der Waals surface area (Å²) < 4.78 is 4.47. The number of H-pyrrole nitrogens is 1. The van der Waals surface area contributed by atoms with E-state index in [-0.39, 0.29) is 5.97 Å². The van der Waals surface area contributed by atoms with Gasteiger partial charge in [-0.15, -0.1) is 0 Å². The summed E-state index contributed by atoms with van der Waals surface area (Å²) in [5.41, 5.74) is 2.75. The van der Waals surface area contributed by atoms with E-state index in [4.69, 9.17) is 0 Å². The Bertz CT molecular complexity index is 320. The number of ether oxygens (including phenoxy) is 1. The minimum Gasteiger partial charge on any atom is -0.466 e. The summed E-state index contributed by atoms with van der Waals surface area (Å²) in [6.45, 7) is 3.78. The lowest BCUT2D eigenvalue weighted by Gasteiger charge is -1.91. The first kappa shape index (κ1) is 9.51. The van der Waals surface area contributed by atoms with Crippen LogP contribution in [0.3, 0.4) is 0 Å². The highest BCUT2D eigenvalue weighted by Gasteiger charge is 2.02. The van der Waals surface area contributed by atoms with E-state index in [0.29, 0.717) is 0 Å². The van der Waals surface area contributed by atoms with Gasteiger partial charge in [0.2, 0.25) is 0 Å². The average molecular weight is 180 g/mol. The van der Waals surface area contributed by atoms with Crippen molar-refractivity contribution in [1.29, 1.82) is 0 Å². The molecule has 0 saturated carbocycles. The lowest BCUT2D eigenvalue weighted by atomic mass is 10.2. The molecule has 0 aliphatic rings. The molecule has 1 heterocycles. The Morgan fingerprint density at radius 2 is 2.23 bits per heavy atom. The van der Waals surface area contributed by atoms with E-state index in [1.54, 1.807) is 6.08 Å². The van der Waals surface area contributed by atoms with Crippen LogP contribution < -0.4 is 0 Å². The van der Waals surface area contributed by atoms with Gasteiger partial charge in [-0.3, -0.25) is 5.10 Å². The number of hydrogen-bond acceptors (Lipinski definition) is 3. The second-order valence-electron chi connectivity index (χ2n) is 2.70. The monoisotopic (exact) mass is 180 g/mol. The summed E-state index contributed by atoms with van der Waals surface area (Å²) in [6.07, 6.45) is 3.07. The van der Waals surface area contributed by atoms with Gasteiger partial charge in [0.15, 0.2) is 0 Å². The molecule has 1 rings (SSSR count). The predicted molar refractivity (Wildman–Crippen MR) is 49.1 cm³/mol. The highest BCUT2D eigenvalue weighted by molar-refractivity contribution is 5.87. The first-order valence-corrected chi connectivity index (χ1v) is 3.92. The molecule has 0 atom stereocenters. The number of esters is 1. The molecule has 0 saturated heterocycles. The van der Waals surface area contributed by atoms with Gasteiger partial charge in [-0.2, -0.15) is 5.10 Å². The van der Waals surface area contributed by atoms with Crippen LogP contribution in [0.5, 0.6) is 0 Å². The molecule has 1 N–H and O–H groups in total. The highest BCUT2D eigenvalue weighted by atomic mass is 16.5. The van der Waals surface area contributed by atoms with Crippen molar-refractivity contribution in [2.24, 2.45) is 0 Å². The average Bonchev–Trinajstić information content (AvgIpc) is 2.43. The molecule has 70 valence electrons. The molecular weight excluding hydrogens is 168 g/mol. The number of carbonyl (C=O) groups is 1. The quantitative estimate of drug-likeness (QED) is 0.549. The van der Waals surface area contributed by atoms with E-state index in [1.165, 1.54) is 13.2 Å². The largest absolute Gasteiger partial charge is 0.466 e. The third-order valence-electron chi connectivity index (χ3n) is 1.77. The maximum atomic E-state index is 10.8. The molecule has 0 unspecified atom stereocenters. The molecule has 0 radical (unpaired) electrons. The van der Waals surface area contributed by atoms with Gasteiger partial charge in [-0.1, -0.05) is 0 Å². The van der Waals surface area contributed by atoms with Gasteiger partial charge in [0, 0.05) is 17.3 Å². The van der Waals surface area contributed by atoms with Gasteiger partial charge < -0.3 is 4.74 Å². The molecule has 0 bridgehead atoms. The minimum atomic E-state index is -0.361. The molecule has 0 aliphatic carbocycles. The first-order valence-electron chi connectivity index (χ1n) is 3.92. The van der Waals surface area contributed by atoms with Crippen molar-refractivity contribution in [2.75, 3.05) is 7.11 Å². The number of rotatable bonds is 2. The van der Waals surface area contributed by atoms with Gasteiger partial charge in [0.25, 0.3) is 0 Å². The molecule has 0 spiro atoms. The molecule has 0 aliphatic heterocycles. The van der Waals surface area contributed by atoms with Crippen molar-refractivity contribution in [2.45, 2.75) is 13.8 Å². The summed E-state index contributed by atoms with van der Waals surface area (Å²) in [7, 11) is 1.35. The fourth-order valence-corrected chi connectivity index (χ4v) is 1.02. The Morgan fingerprint density at radius 3 is 2.69 bits per heavy atom. The smallest absolute Gasteiger partial charge is 0.330 e. The summed E-state index contributed by atoms with van der Waals surface area (Å²) in [6, 6.07) is 0. The Morgan fingerprint density at radius 1 is 1.54 bits per heavy atom. The standard InChI is InChI=1S/C9H12N2O2/c1-6-8(7(2)11-10-6)4-5-9(12)13-3/h4-5H,1-3H3,(H,10,11). The fraction of sp³-hybridized carbons (Fsp3) is 0.333. The van der Waals surface area contributed by atoms with Gasteiger partial charge in [-0.25, -0.2) is 4.79 Å². The van der Waals surface area contributed by atoms with Crippen molar-refractivity contribution in [3.63, 3.8) is 0 Å². The van der Waals surface area contributed by atoms with Crippen LogP contribution >= 0.6 is 0 Å². The third-order valence-corrected chi connectivity index (χ3v) is 1.77. The Balaban J connectivity index is 2.85.